The Labute approximate surface area is 105 Å². The zero-order valence-electron chi connectivity index (χ0n) is 11.4. The van der Waals surface area contributed by atoms with Crippen LogP contribution in [-0.4, -0.2) is 22.4 Å². The number of aliphatic hydroxyl groups excluding tert-OH is 1. The first-order valence-corrected chi connectivity index (χ1v) is 6.88. The molecule has 0 aromatic carbocycles. The summed E-state index contributed by atoms with van der Waals surface area (Å²) in [6.07, 6.45) is 7.81. The fourth-order valence-electron chi connectivity index (χ4n) is 3.95. The van der Waals surface area contributed by atoms with Crippen molar-refractivity contribution in [3.8, 4) is 0 Å². The molecule has 2 rings (SSSR count). The summed E-state index contributed by atoms with van der Waals surface area (Å²) in [5.74, 6) is 0.980. The van der Waals surface area contributed by atoms with Crippen molar-refractivity contribution in [1.29, 1.82) is 0 Å². The summed E-state index contributed by atoms with van der Waals surface area (Å²) in [4.78, 5) is 0. The molecule has 98 valence electrons. The maximum absolute atomic E-state index is 10.3. The van der Waals surface area contributed by atoms with Crippen molar-refractivity contribution in [2.45, 2.75) is 58.5 Å². The molecular formula is C15H26O2. The van der Waals surface area contributed by atoms with Crippen molar-refractivity contribution in [3.63, 3.8) is 0 Å². The van der Waals surface area contributed by atoms with Gasteiger partial charge in [0.25, 0.3) is 0 Å². The predicted octanol–water partition coefficient (Wildman–Crippen LogP) is 2.89. The van der Waals surface area contributed by atoms with Crippen LogP contribution >= 0.6 is 0 Å². The van der Waals surface area contributed by atoms with E-state index >= 15 is 0 Å². The Morgan fingerprint density at radius 1 is 1.41 bits per heavy atom. The molecule has 2 aliphatic carbocycles. The molecule has 17 heavy (non-hydrogen) atoms. The Hall–Kier alpha value is -0.340. The SMILES string of the molecule is CC(C)(O)[C@@H]1CC[C@@]2(C)CCC(CO)=CC[C@H]12. The summed E-state index contributed by atoms with van der Waals surface area (Å²) < 4.78 is 0. The molecule has 0 aromatic rings. The van der Waals surface area contributed by atoms with E-state index in [0.717, 1.165) is 25.7 Å². The van der Waals surface area contributed by atoms with Crippen molar-refractivity contribution in [2.75, 3.05) is 6.61 Å². The van der Waals surface area contributed by atoms with Gasteiger partial charge in [-0.15, -0.1) is 0 Å². The third kappa shape index (κ3) is 2.43. The molecule has 2 N–H and O–H groups in total. The zero-order valence-corrected chi connectivity index (χ0v) is 11.4. The van der Waals surface area contributed by atoms with E-state index in [1.807, 2.05) is 13.8 Å². The van der Waals surface area contributed by atoms with E-state index in [9.17, 15) is 10.2 Å². The predicted molar refractivity (Wildman–Crippen MR) is 69.6 cm³/mol. The summed E-state index contributed by atoms with van der Waals surface area (Å²) in [5.41, 5.74) is 0.980. The van der Waals surface area contributed by atoms with Gasteiger partial charge in [-0.1, -0.05) is 13.0 Å². The second-order valence-corrected chi connectivity index (χ2v) is 6.82. The largest absolute Gasteiger partial charge is 0.392 e. The number of hydrogen-bond donors (Lipinski definition) is 2. The van der Waals surface area contributed by atoms with Gasteiger partial charge < -0.3 is 10.2 Å². The molecule has 0 spiro atoms. The van der Waals surface area contributed by atoms with Crippen LogP contribution < -0.4 is 0 Å². The van der Waals surface area contributed by atoms with Gasteiger partial charge in [-0.25, -0.2) is 0 Å². The quantitative estimate of drug-likeness (QED) is 0.726. The van der Waals surface area contributed by atoms with Gasteiger partial charge in [0, 0.05) is 0 Å². The third-order valence-electron chi connectivity index (χ3n) is 5.20. The molecule has 0 aliphatic heterocycles. The fourth-order valence-corrected chi connectivity index (χ4v) is 3.95. The smallest absolute Gasteiger partial charge is 0.0641 e. The maximum atomic E-state index is 10.3. The Morgan fingerprint density at radius 3 is 2.71 bits per heavy atom. The van der Waals surface area contributed by atoms with Crippen molar-refractivity contribution < 1.29 is 10.2 Å². The molecule has 0 aromatic heterocycles. The number of allylic oxidation sites excluding steroid dienone is 1. The van der Waals surface area contributed by atoms with Crippen LogP contribution in [0.4, 0.5) is 0 Å². The van der Waals surface area contributed by atoms with E-state index in [0.29, 0.717) is 17.3 Å². The average Bonchev–Trinajstić information content (AvgIpc) is 2.48. The van der Waals surface area contributed by atoms with Crippen molar-refractivity contribution in [3.05, 3.63) is 11.6 Å². The number of hydrogen-bond acceptors (Lipinski definition) is 2. The minimum atomic E-state index is -0.569. The van der Waals surface area contributed by atoms with E-state index in [2.05, 4.69) is 13.0 Å². The summed E-state index contributed by atoms with van der Waals surface area (Å²) in [7, 11) is 0. The average molecular weight is 238 g/mol. The second-order valence-electron chi connectivity index (χ2n) is 6.82. The van der Waals surface area contributed by atoms with Crippen LogP contribution in [0.1, 0.15) is 52.9 Å². The van der Waals surface area contributed by atoms with Crippen molar-refractivity contribution in [1.82, 2.24) is 0 Å². The fraction of sp³-hybridized carbons (Fsp3) is 0.867. The standard InChI is InChI=1S/C15H26O2/c1-14(2,17)12-7-9-15(3)8-6-11(10-16)4-5-13(12)15/h4,12-13,16-17H,5-10H2,1-3H3/t12-,13-,15-/m1/s1. The summed E-state index contributed by atoms with van der Waals surface area (Å²) in [6, 6.07) is 0. The molecule has 2 heteroatoms. The summed E-state index contributed by atoms with van der Waals surface area (Å²) in [6.45, 7) is 6.48. The molecule has 2 aliphatic rings. The molecule has 0 bridgehead atoms. The third-order valence-corrected chi connectivity index (χ3v) is 5.20. The van der Waals surface area contributed by atoms with E-state index < -0.39 is 5.60 Å². The van der Waals surface area contributed by atoms with Gasteiger partial charge in [0.2, 0.25) is 0 Å². The van der Waals surface area contributed by atoms with Crippen molar-refractivity contribution >= 4 is 0 Å². The summed E-state index contributed by atoms with van der Waals surface area (Å²) >= 11 is 0. The zero-order chi connectivity index (χ0) is 12.7. The van der Waals surface area contributed by atoms with Gasteiger partial charge in [0.15, 0.2) is 0 Å². The van der Waals surface area contributed by atoms with Gasteiger partial charge in [-0.2, -0.15) is 0 Å². The lowest BCUT2D eigenvalue weighted by atomic mass is 9.70. The van der Waals surface area contributed by atoms with Crippen molar-refractivity contribution in [2.24, 2.45) is 17.3 Å². The normalized spacial score (nSPS) is 38.5. The first-order valence-electron chi connectivity index (χ1n) is 6.88. The van der Waals surface area contributed by atoms with Crippen LogP contribution in [-0.2, 0) is 0 Å². The van der Waals surface area contributed by atoms with Crippen LogP contribution in [0.5, 0.6) is 0 Å². The lowest BCUT2D eigenvalue weighted by Gasteiger charge is -2.37. The molecule has 0 unspecified atom stereocenters. The number of aliphatic hydroxyl groups is 2. The maximum Gasteiger partial charge on any atom is 0.0641 e. The first-order chi connectivity index (χ1) is 7.87. The summed E-state index contributed by atoms with van der Waals surface area (Å²) in [5, 5.41) is 19.6. The van der Waals surface area contributed by atoms with E-state index in [-0.39, 0.29) is 6.61 Å². The molecule has 3 atom stereocenters. The van der Waals surface area contributed by atoms with Gasteiger partial charge in [0.1, 0.15) is 0 Å². The first kappa shape index (κ1) is 13.1. The van der Waals surface area contributed by atoms with Gasteiger partial charge in [-0.3, -0.25) is 0 Å². The van der Waals surface area contributed by atoms with Crippen LogP contribution in [0.2, 0.25) is 0 Å². The van der Waals surface area contributed by atoms with E-state index in [1.165, 1.54) is 12.0 Å². The Kier molecular flexibility index (Phi) is 3.39. The van der Waals surface area contributed by atoms with E-state index in [4.69, 9.17) is 0 Å². The highest BCUT2D eigenvalue weighted by Crippen LogP contribution is 2.55. The van der Waals surface area contributed by atoms with Gasteiger partial charge >= 0.3 is 0 Å². The highest BCUT2D eigenvalue weighted by Gasteiger charge is 2.49. The molecule has 0 radical (unpaired) electrons. The minimum Gasteiger partial charge on any atom is -0.392 e. The van der Waals surface area contributed by atoms with Crippen LogP contribution in [0.25, 0.3) is 0 Å². The molecule has 1 saturated carbocycles. The topological polar surface area (TPSA) is 40.5 Å². The molecule has 0 amide bonds. The monoisotopic (exact) mass is 238 g/mol. The number of fused-ring (bicyclic) bond motifs is 1. The lowest BCUT2D eigenvalue weighted by Crippen LogP contribution is -2.37. The van der Waals surface area contributed by atoms with Crippen LogP contribution in [0.15, 0.2) is 11.6 Å². The molecule has 0 saturated heterocycles. The lowest BCUT2D eigenvalue weighted by molar-refractivity contribution is -0.0139. The van der Waals surface area contributed by atoms with Crippen LogP contribution in [0, 0.1) is 17.3 Å². The van der Waals surface area contributed by atoms with Gasteiger partial charge in [0.05, 0.1) is 12.2 Å². The molecule has 2 nitrogen and oxygen atoms in total. The van der Waals surface area contributed by atoms with Gasteiger partial charge in [-0.05, 0) is 68.8 Å². The highest BCUT2D eigenvalue weighted by molar-refractivity contribution is 5.11. The highest BCUT2D eigenvalue weighted by atomic mass is 16.3. The Balaban J connectivity index is 2.21. The van der Waals surface area contributed by atoms with Crippen LogP contribution in [0.3, 0.4) is 0 Å². The molecule has 0 heterocycles. The Bertz CT molecular complexity index is 313. The minimum absolute atomic E-state index is 0.204. The second kappa shape index (κ2) is 4.40. The Morgan fingerprint density at radius 2 is 2.12 bits per heavy atom. The number of rotatable bonds is 2. The molecule has 1 fully saturated rings. The van der Waals surface area contributed by atoms with E-state index in [1.54, 1.807) is 0 Å². The molecular weight excluding hydrogens is 212 g/mol.